The van der Waals surface area contributed by atoms with Gasteiger partial charge >= 0.3 is 0 Å². The second-order valence-electron chi connectivity index (χ2n) is 5.00. The lowest BCUT2D eigenvalue weighted by Crippen LogP contribution is -2.16. The number of hydrogen-bond donors (Lipinski definition) is 2. The number of pyridine rings is 2. The average molecular weight is 283 g/mol. The van der Waals surface area contributed by atoms with Crippen LogP contribution in [0.15, 0.2) is 39.8 Å². The quantitative estimate of drug-likeness (QED) is 0.772. The molecule has 2 N–H and O–H groups in total. The molecule has 0 radical (unpaired) electrons. The number of hydrogen-bond acceptors (Lipinski definition) is 4. The standard InChI is InChI=1S/C16H17N3O2/c1-3-11-7-14(16(20)19-10(11)2)18-8-13-6-12-4-5-17-9-15(12)21-13/h4-7,9,18H,3,8H2,1-2H3,(H,19,20). The first-order valence-electron chi connectivity index (χ1n) is 6.96. The molecule has 21 heavy (non-hydrogen) atoms. The molecule has 0 amide bonds. The van der Waals surface area contributed by atoms with Crippen LogP contribution < -0.4 is 10.9 Å². The molecule has 0 bridgehead atoms. The van der Waals surface area contributed by atoms with E-state index in [4.69, 9.17) is 4.42 Å². The van der Waals surface area contributed by atoms with E-state index in [1.54, 1.807) is 12.4 Å². The first-order chi connectivity index (χ1) is 10.2. The Balaban J connectivity index is 1.82. The zero-order valence-electron chi connectivity index (χ0n) is 12.1. The van der Waals surface area contributed by atoms with E-state index < -0.39 is 0 Å². The molecule has 0 saturated heterocycles. The summed E-state index contributed by atoms with van der Waals surface area (Å²) in [6.07, 6.45) is 4.30. The van der Waals surface area contributed by atoms with Gasteiger partial charge in [0.2, 0.25) is 0 Å². The van der Waals surface area contributed by atoms with Crippen LogP contribution in [0.3, 0.4) is 0 Å². The van der Waals surface area contributed by atoms with E-state index in [0.717, 1.165) is 34.4 Å². The second kappa shape index (κ2) is 5.44. The van der Waals surface area contributed by atoms with Gasteiger partial charge in [-0.05, 0) is 37.1 Å². The molecule has 3 aromatic rings. The minimum atomic E-state index is -0.109. The maximum Gasteiger partial charge on any atom is 0.271 e. The van der Waals surface area contributed by atoms with Gasteiger partial charge in [0.25, 0.3) is 5.56 Å². The largest absolute Gasteiger partial charge is 0.458 e. The monoisotopic (exact) mass is 283 g/mol. The van der Waals surface area contributed by atoms with Gasteiger partial charge in [-0.25, -0.2) is 0 Å². The number of aryl methyl sites for hydroxylation is 2. The van der Waals surface area contributed by atoms with E-state index in [1.807, 2.05) is 25.1 Å². The maximum absolute atomic E-state index is 11.9. The van der Waals surface area contributed by atoms with Crippen molar-refractivity contribution in [1.29, 1.82) is 0 Å². The molecule has 0 fully saturated rings. The Morgan fingerprint density at radius 2 is 2.24 bits per heavy atom. The number of nitrogens with zero attached hydrogens (tertiary/aromatic N) is 1. The topological polar surface area (TPSA) is 70.9 Å². The van der Waals surface area contributed by atoms with Crippen molar-refractivity contribution in [3.63, 3.8) is 0 Å². The Morgan fingerprint density at radius 3 is 3.00 bits per heavy atom. The number of H-pyrrole nitrogens is 1. The molecule has 0 aromatic carbocycles. The van der Waals surface area contributed by atoms with Crippen molar-refractivity contribution in [1.82, 2.24) is 9.97 Å². The Bertz CT molecular complexity index is 800. The Hall–Kier alpha value is -2.56. The number of aromatic amines is 1. The predicted octanol–water partition coefficient (Wildman–Crippen LogP) is 3.00. The first-order valence-corrected chi connectivity index (χ1v) is 6.96. The van der Waals surface area contributed by atoms with Crippen molar-refractivity contribution >= 4 is 16.7 Å². The third-order valence-corrected chi connectivity index (χ3v) is 3.55. The van der Waals surface area contributed by atoms with Gasteiger partial charge in [0.15, 0.2) is 5.58 Å². The molecule has 5 nitrogen and oxygen atoms in total. The number of nitrogens with one attached hydrogen (secondary N) is 2. The maximum atomic E-state index is 11.9. The molecule has 3 heterocycles. The lowest BCUT2D eigenvalue weighted by Gasteiger charge is -2.08. The van der Waals surface area contributed by atoms with Crippen molar-refractivity contribution in [3.8, 4) is 0 Å². The van der Waals surface area contributed by atoms with Crippen LogP contribution in [0.2, 0.25) is 0 Å². The van der Waals surface area contributed by atoms with Gasteiger partial charge in [-0.2, -0.15) is 0 Å². The molecule has 108 valence electrons. The third kappa shape index (κ3) is 2.67. The van der Waals surface area contributed by atoms with Gasteiger partial charge in [-0.15, -0.1) is 0 Å². The lowest BCUT2D eigenvalue weighted by atomic mass is 10.1. The van der Waals surface area contributed by atoms with Crippen molar-refractivity contribution < 1.29 is 4.42 Å². The van der Waals surface area contributed by atoms with Crippen LogP contribution in [-0.4, -0.2) is 9.97 Å². The summed E-state index contributed by atoms with van der Waals surface area (Å²) in [5, 5.41) is 4.14. The highest BCUT2D eigenvalue weighted by Gasteiger charge is 2.07. The zero-order valence-corrected chi connectivity index (χ0v) is 12.1. The molecular weight excluding hydrogens is 266 g/mol. The molecule has 3 aromatic heterocycles. The zero-order chi connectivity index (χ0) is 14.8. The Kier molecular flexibility index (Phi) is 3.48. The highest BCUT2D eigenvalue weighted by Crippen LogP contribution is 2.18. The average Bonchev–Trinajstić information content (AvgIpc) is 2.89. The lowest BCUT2D eigenvalue weighted by molar-refractivity contribution is 0.558. The first kappa shape index (κ1) is 13.4. The summed E-state index contributed by atoms with van der Waals surface area (Å²) in [7, 11) is 0. The van der Waals surface area contributed by atoms with E-state index in [-0.39, 0.29) is 5.56 Å². The molecule has 0 atom stereocenters. The fraction of sp³-hybridized carbons (Fsp3) is 0.250. The van der Waals surface area contributed by atoms with Crippen LogP contribution in [0.4, 0.5) is 5.69 Å². The highest BCUT2D eigenvalue weighted by atomic mass is 16.3. The number of aromatic nitrogens is 2. The van der Waals surface area contributed by atoms with Gasteiger partial charge in [0.1, 0.15) is 11.4 Å². The van der Waals surface area contributed by atoms with E-state index in [9.17, 15) is 4.79 Å². The van der Waals surface area contributed by atoms with Gasteiger partial charge < -0.3 is 14.7 Å². The van der Waals surface area contributed by atoms with Gasteiger partial charge in [0, 0.05) is 17.3 Å². The minimum absolute atomic E-state index is 0.109. The summed E-state index contributed by atoms with van der Waals surface area (Å²) in [5.41, 5.74) is 3.26. The Labute approximate surface area is 122 Å². The molecule has 0 spiro atoms. The van der Waals surface area contributed by atoms with E-state index in [0.29, 0.717) is 12.2 Å². The summed E-state index contributed by atoms with van der Waals surface area (Å²) in [6, 6.07) is 5.75. The van der Waals surface area contributed by atoms with Crippen LogP contribution in [0.1, 0.15) is 23.9 Å². The van der Waals surface area contributed by atoms with Crippen molar-refractivity contribution in [2.75, 3.05) is 5.32 Å². The number of furan rings is 1. The normalized spacial score (nSPS) is 11.0. The summed E-state index contributed by atoms with van der Waals surface area (Å²) < 4.78 is 5.67. The van der Waals surface area contributed by atoms with Crippen LogP contribution in [0.5, 0.6) is 0 Å². The van der Waals surface area contributed by atoms with Crippen molar-refractivity contribution in [3.05, 3.63) is 58.0 Å². The molecule has 0 saturated carbocycles. The summed E-state index contributed by atoms with van der Waals surface area (Å²) >= 11 is 0. The number of anilines is 1. The molecule has 0 unspecified atom stereocenters. The van der Waals surface area contributed by atoms with Crippen molar-refractivity contribution in [2.24, 2.45) is 0 Å². The highest BCUT2D eigenvalue weighted by molar-refractivity contribution is 5.76. The summed E-state index contributed by atoms with van der Waals surface area (Å²) in [6.45, 7) is 4.44. The van der Waals surface area contributed by atoms with Gasteiger partial charge in [-0.3, -0.25) is 9.78 Å². The smallest absolute Gasteiger partial charge is 0.271 e. The third-order valence-electron chi connectivity index (χ3n) is 3.55. The van der Waals surface area contributed by atoms with E-state index in [2.05, 4.69) is 22.2 Å². The molecular formula is C16H17N3O2. The van der Waals surface area contributed by atoms with Crippen LogP contribution in [0.25, 0.3) is 11.0 Å². The number of fused-ring (bicyclic) bond motifs is 1. The predicted molar refractivity (Wildman–Crippen MR) is 82.5 cm³/mol. The van der Waals surface area contributed by atoms with Gasteiger partial charge in [0.05, 0.1) is 12.7 Å². The minimum Gasteiger partial charge on any atom is -0.458 e. The SMILES string of the molecule is CCc1cc(NCc2cc3ccncc3o2)c(=O)[nH]c1C. The number of rotatable bonds is 4. The van der Waals surface area contributed by atoms with Crippen LogP contribution >= 0.6 is 0 Å². The van der Waals surface area contributed by atoms with E-state index >= 15 is 0 Å². The summed E-state index contributed by atoms with van der Waals surface area (Å²) in [5.74, 6) is 0.774. The molecule has 5 heteroatoms. The molecule has 0 aliphatic carbocycles. The summed E-state index contributed by atoms with van der Waals surface area (Å²) in [4.78, 5) is 18.8. The second-order valence-corrected chi connectivity index (χ2v) is 5.00. The molecule has 0 aliphatic heterocycles. The van der Waals surface area contributed by atoms with Crippen molar-refractivity contribution in [2.45, 2.75) is 26.8 Å². The fourth-order valence-corrected chi connectivity index (χ4v) is 2.37. The van der Waals surface area contributed by atoms with Crippen LogP contribution in [0, 0.1) is 6.92 Å². The fourth-order valence-electron chi connectivity index (χ4n) is 2.37. The van der Waals surface area contributed by atoms with E-state index in [1.165, 1.54) is 0 Å². The van der Waals surface area contributed by atoms with Gasteiger partial charge in [-0.1, -0.05) is 6.92 Å². The van der Waals surface area contributed by atoms with Crippen LogP contribution in [-0.2, 0) is 13.0 Å². The Morgan fingerprint density at radius 1 is 1.38 bits per heavy atom. The molecule has 3 rings (SSSR count). The molecule has 0 aliphatic rings.